The average molecular weight is 357 g/mol. The Balaban J connectivity index is -0.000000270. The summed E-state index contributed by atoms with van der Waals surface area (Å²) in [6.45, 7) is 7.31. The van der Waals surface area contributed by atoms with Gasteiger partial charge in [0.15, 0.2) is 0 Å². The Hall–Kier alpha value is -0.266. The van der Waals surface area contributed by atoms with Crippen LogP contribution in [-0.4, -0.2) is 0 Å². The summed E-state index contributed by atoms with van der Waals surface area (Å²) in [6, 6.07) is 0. The molecule has 0 unspecified atom stereocenters. The molecule has 21 heavy (non-hydrogen) atoms. The van der Waals surface area contributed by atoms with Crippen molar-refractivity contribution in [3.8, 4) is 0 Å². The first-order chi connectivity index (χ1) is 8.86. The maximum Gasteiger partial charge on any atom is 4.00 e. The number of rotatable bonds is 6. The molecule has 2 aliphatic carbocycles. The van der Waals surface area contributed by atoms with Gasteiger partial charge in [0.25, 0.3) is 0 Å². The van der Waals surface area contributed by atoms with Crippen LogP contribution in [0, 0.1) is 12.2 Å². The summed E-state index contributed by atoms with van der Waals surface area (Å²) in [4.78, 5) is 0. The molecule has 0 saturated heterocycles. The third-order valence-electron chi connectivity index (χ3n) is 2.77. The normalized spacial score (nSPS) is 13.5. The van der Waals surface area contributed by atoms with E-state index in [1.165, 1.54) is 11.1 Å². The van der Waals surface area contributed by atoms with Crippen LogP contribution in [0.4, 0.5) is 0 Å². The van der Waals surface area contributed by atoms with Crippen LogP contribution in [0.3, 0.4) is 0 Å². The Bertz CT molecular complexity index is 352. The van der Waals surface area contributed by atoms with Gasteiger partial charge < -0.3 is 24.8 Å². The number of hydrogen-bond donors (Lipinski definition) is 0. The Morgan fingerprint density at radius 3 is 1.48 bits per heavy atom. The van der Waals surface area contributed by atoms with Crippen molar-refractivity contribution in [2.45, 2.75) is 38.5 Å². The molecule has 0 heterocycles. The van der Waals surface area contributed by atoms with Crippen molar-refractivity contribution in [3.63, 3.8) is 0 Å². The largest absolute Gasteiger partial charge is 4.00 e. The van der Waals surface area contributed by atoms with E-state index in [0.717, 1.165) is 38.5 Å². The van der Waals surface area contributed by atoms with Crippen LogP contribution in [0.2, 0.25) is 0 Å². The molecule has 0 nitrogen and oxygen atoms in total. The molecule has 0 bridgehead atoms. The van der Waals surface area contributed by atoms with E-state index in [-0.39, 0.29) is 46.5 Å². The molecule has 3 heteroatoms. The van der Waals surface area contributed by atoms with Crippen molar-refractivity contribution < 1.29 is 46.5 Å². The smallest absolute Gasteiger partial charge is 1.00 e. The van der Waals surface area contributed by atoms with Crippen molar-refractivity contribution in [1.29, 1.82) is 0 Å². The fourth-order valence-electron chi connectivity index (χ4n) is 1.76. The molecule has 0 aliphatic heterocycles. The summed E-state index contributed by atoms with van der Waals surface area (Å²) in [7, 11) is 0. The first kappa shape index (κ1) is 25.7. The van der Waals surface area contributed by atoms with E-state index in [0.29, 0.717) is 0 Å². The summed E-state index contributed by atoms with van der Waals surface area (Å²) < 4.78 is 0. The van der Waals surface area contributed by atoms with Gasteiger partial charge >= 0.3 is 21.7 Å². The molecule has 0 aromatic rings. The monoisotopic (exact) mass is 356 g/mol. The molecular weight excluding hydrogens is 335 g/mol. The molecule has 0 amide bonds. The summed E-state index contributed by atoms with van der Waals surface area (Å²) in [6.07, 6.45) is 25.3. The standard InChI is InChI=1S/2C9H11.2ClH.Ti/c2*1-2-3-6-9-7-4-5-8-9;;;/h2*2,4,7H,1,3,5-6H2;2*1H;/q2*-1;;;+4/p-2. The zero-order valence-corrected chi connectivity index (χ0v) is 15.5. The quantitative estimate of drug-likeness (QED) is 0.335. The second kappa shape index (κ2) is 17.8. The predicted octanol–water partition coefficient (Wildman–Crippen LogP) is -0.710. The number of hydrogen-bond acceptors (Lipinski definition) is 0. The van der Waals surface area contributed by atoms with Crippen LogP contribution in [0.1, 0.15) is 38.5 Å². The van der Waals surface area contributed by atoms with Crippen molar-refractivity contribution in [2.75, 3.05) is 0 Å². The van der Waals surface area contributed by atoms with Gasteiger partial charge in [0.1, 0.15) is 0 Å². The summed E-state index contributed by atoms with van der Waals surface area (Å²) in [5.74, 6) is 0. The molecule has 112 valence electrons. The fraction of sp³-hybridized carbons (Fsp3) is 0.333. The van der Waals surface area contributed by atoms with Crippen molar-refractivity contribution >= 4 is 0 Å². The zero-order chi connectivity index (χ0) is 13.1. The van der Waals surface area contributed by atoms with Crippen molar-refractivity contribution in [3.05, 3.63) is 72.9 Å². The molecular formula is C18H22Cl2Ti. The molecule has 0 N–H and O–H groups in total. The topological polar surface area (TPSA) is 0 Å². The minimum Gasteiger partial charge on any atom is -1.00 e. The van der Waals surface area contributed by atoms with E-state index in [9.17, 15) is 0 Å². The van der Waals surface area contributed by atoms with Crippen LogP contribution in [0.5, 0.6) is 0 Å². The first-order valence-electron chi connectivity index (χ1n) is 6.61. The van der Waals surface area contributed by atoms with Gasteiger partial charge in [-0.25, -0.2) is 23.3 Å². The third kappa shape index (κ3) is 13.1. The van der Waals surface area contributed by atoms with Gasteiger partial charge in [0.2, 0.25) is 0 Å². The van der Waals surface area contributed by atoms with E-state index in [1.54, 1.807) is 0 Å². The molecule has 0 atom stereocenters. The molecule has 0 aromatic carbocycles. The second-order valence-corrected chi connectivity index (χ2v) is 4.27. The van der Waals surface area contributed by atoms with Gasteiger partial charge in [-0.1, -0.05) is 25.0 Å². The van der Waals surface area contributed by atoms with Crippen LogP contribution in [0.15, 0.2) is 60.8 Å². The SMILES string of the molecule is C=CCCC1=[C-]CC=C1.C=CCCC1=[C-]CC=C1.[Cl-].[Cl-].[Ti+4]. The van der Waals surface area contributed by atoms with Crippen LogP contribution < -0.4 is 24.8 Å². The summed E-state index contributed by atoms with van der Waals surface area (Å²) in [5.41, 5.74) is 2.69. The van der Waals surface area contributed by atoms with Gasteiger partial charge in [-0.2, -0.15) is 12.2 Å². The van der Waals surface area contributed by atoms with Gasteiger partial charge in [0, 0.05) is 0 Å². The van der Waals surface area contributed by atoms with Crippen LogP contribution >= 0.6 is 0 Å². The molecule has 0 aromatic heterocycles. The van der Waals surface area contributed by atoms with Crippen molar-refractivity contribution in [2.24, 2.45) is 0 Å². The van der Waals surface area contributed by atoms with Gasteiger partial charge in [-0.3, -0.25) is 12.2 Å². The van der Waals surface area contributed by atoms with E-state index in [2.05, 4.69) is 49.6 Å². The second-order valence-electron chi connectivity index (χ2n) is 4.27. The van der Waals surface area contributed by atoms with Gasteiger partial charge in [-0.05, 0) is 12.8 Å². The minimum atomic E-state index is 0. The Morgan fingerprint density at radius 1 is 0.857 bits per heavy atom. The van der Waals surface area contributed by atoms with Crippen LogP contribution in [0.25, 0.3) is 0 Å². The fourth-order valence-corrected chi connectivity index (χ4v) is 1.76. The predicted molar refractivity (Wildman–Crippen MR) is 79.9 cm³/mol. The van der Waals surface area contributed by atoms with Crippen LogP contribution in [-0.2, 0) is 21.7 Å². The molecule has 0 spiro atoms. The molecule has 0 radical (unpaired) electrons. The molecule has 0 saturated carbocycles. The zero-order valence-electron chi connectivity index (χ0n) is 12.4. The minimum absolute atomic E-state index is 0. The average Bonchev–Trinajstić information content (AvgIpc) is 3.07. The summed E-state index contributed by atoms with van der Waals surface area (Å²) >= 11 is 0. The molecule has 2 aliphatic rings. The number of halogens is 2. The van der Waals surface area contributed by atoms with E-state index < -0.39 is 0 Å². The maximum atomic E-state index is 3.66. The van der Waals surface area contributed by atoms with E-state index in [1.807, 2.05) is 12.2 Å². The Morgan fingerprint density at radius 2 is 1.24 bits per heavy atom. The van der Waals surface area contributed by atoms with Gasteiger partial charge in [-0.15, -0.1) is 26.0 Å². The number of allylic oxidation sites excluding steroid dienone is 10. The van der Waals surface area contributed by atoms with Crippen molar-refractivity contribution in [1.82, 2.24) is 0 Å². The maximum absolute atomic E-state index is 3.66. The Labute approximate surface area is 157 Å². The Kier molecular flexibility index (Phi) is 21.7. The van der Waals surface area contributed by atoms with E-state index in [4.69, 9.17) is 0 Å². The summed E-state index contributed by atoms with van der Waals surface area (Å²) in [5, 5.41) is 0. The molecule has 2 rings (SSSR count). The molecule has 0 fully saturated rings. The third-order valence-corrected chi connectivity index (χ3v) is 2.77. The first-order valence-corrected chi connectivity index (χ1v) is 6.61. The van der Waals surface area contributed by atoms with Gasteiger partial charge in [0.05, 0.1) is 0 Å². The van der Waals surface area contributed by atoms with E-state index >= 15 is 0 Å².